The van der Waals surface area contributed by atoms with Crippen molar-refractivity contribution in [3.05, 3.63) is 0 Å². The third-order valence-electron chi connectivity index (χ3n) is 0. The second-order valence-corrected chi connectivity index (χ2v) is 44.7. The first-order chi connectivity index (χ1) is 3.16. The minimum atomic E-state index is -9.00. The third kappa shape index (κ3) is 394. The molecule has 0 aliphatic carbocycles. The first-order valence-electron chi connectivity index (χ1n) is 1.59. The quantitative estimate of drug-likeness (QED) is 0.404. The van der Waals surface area contributed by atoms with E-state index >= 15 is 0 Å². The van der Waals surface area contributed by atoms with E-state index in [9.17, 15) is 0 Å². The Morgan fingerprint density at radius 1 is 0.500 bits per heavy atom. The van der Waals surface area contributed by atoms with E-state index in [1.54, 1.807) is 0 Å². The fourth-order valence-electron chi connectivity index (χ4n) is 0. The molecular formula is H13Cl8CoN5. The Bertz CT molecular complexity index is 265. The fourth-order valence-corrected chi connectivity index (χ4v) is 0. The van der Waals surface area contributed by atoms with E-state index in [-0.39, 0.29) is 37.2 Å². The molecule has 0 unspecified atom stereocenters. The number of nitrogens with two attached hydrogens (primary N) is 5. The second kappa shape index (κ2) is 1.47. The van der Waals surface area contributed by atoms with Crippen molar-refractivity contribution >= 4 is 88.0 Å². The van der Waals surface area contributed by atoms with E-state index in [1.165, 1.54) is 0 Å². The summed E-state index contributed by atoms with van der Waals surface area (Å²) in [5.41, 5.74) is 0. The van der Waals surface area contributed by atoms with E-state index in [2.05, 4.69) is 0 Å². The van der Waals surface area contributed by atoms with Crippen LogP contribution in [0.2, 0.25) is 0 Å². The van der Waals surface area contributed by atoms with Gasteiger partial charge in [0, 0.05) is 0 Å². The summed E-state index contributed by atoms with van der Waals surface area (Å²) in [4.78, 5) is 24.3. The van der Waals surface area contributed by atoms with Gasteiger partial charge in [-0.25, -0.2) is 0 Å². The summed E-state index contributed by atoms with van der Waals surface area (Å²) in [7, 11) is 25.6. The molecule has 0 amide bonds. The van der Waals surface area contributed by atoms with Crippen molar-refractivity contribution in [3.63, 3.8) is 0 Å². The zero-order valence-corrected chi connectivity index (χ0v) is 13.6. The minimum absolute atomic E-state index is 0. The molecule has 14 heavy (non-hydrogen) atoms. The van der Waals surface area contributed by atoms with Crippen molar-refractivity contribution in [2.75, 3.05) is 0 Å². The molecule has 0 spiro atoms. The van der Waals surface area contributed by atoms with Gasteiger partial charge in [0.25, 0.3) is 0 Å². The van der Waals surface area contributed by atoms with Gasteiger partial charge in [-0.2, -0.15) is 0 Å². The molecule has 0 saturated heterocycles. The summed E-state index contributed by atoms with van der Waals surface area (Å²) < 4.78 is -9.00. The Morgan fingerprint density at radius 2 is 0.500 bits per heavy atom. The Morgan fingerprint density at radius 3 is 0.500 bits per heavy atom. The molecule has 0 radical (unpaired) electrons. The molecule has 0 aromatic heterocycles. The summed E-state index contributed by atoms with van der Waals surface area (Å²) in [5.74, 6) is 0. The van der Waals surface area contributed by atoms with Crippen LogP contribution in [0.15, 0.2) is 0 Å². The molecule has 5 nitrogen and oxygen atoms in total. The Balaban J connectivity index is -0.000000167. The molecular weight excluding hydrogens is 413 g/mol. The topological polar surface area (TPSA) is 130 Å². The summed E-state index contributed by atoms with van der Waals surface area (Å²) in [6, 6.07) is 0. The van der Waals surface area contributed by atoms with E-state index in [0.29, 0.717) is 0 Å². The van der Waals surface area contributed by atoms with Gasteiger partial charge in [0.2, 0.25) is 0 Å². The van der Waals surface area contributed by atoms with Crippen molar-refractivity contribution in [1.29, 1.82) is 0 Å². The fraction of sp³-hybridized carbons (Fsp3) is 0. The standard InChI is InChI=1S/8ClH.Co.5H2N/h8*1H;;5*1H2/q;;;;;;;;+10;5*-1/p-5. The predicted octanol–water partition coefficient (Wildman–Crippen LogP) is 1.76. The van der Waals surface area contributed by atoms with Crippen LogP contribution in [-0.2, 0) is 2.94 Å². The van der Waals surface area contributed by atoms with Gasteiger partial charge in [-0.05, 0) is 0 Å². The van der Waals surface area contributed by atoms with E-state index < -0.39 is 2.94 Å². The van der Waals surface area contributed by atoms with Gasteiger partial charge >= 0.3 is 77.6 Å². The molecule has 0 heterocycles. The third-order valence-corrected chi connectivity index (χ3v) is 0. The molecule has 103 valence electrons. The SMILES string of the molecule is Cl.Cl.Cl.[NH2][Co]([NH2])([NH2])([NH2])([NH2])([Cl])([Cl])([Cl])([Cl])[Cl]. The zero-order chi connectivity index (χ0) is 10.3. The maximum atomic E-state index is 5.12. The Hall–Kier alpha value is 2.63. The number of rotatable bonds is 0. The van der Waals surface area contributed by atoms with Crippen molar-refractivity contribution < 1.29 is 2.94 Å². The van der Waals surface area contributed by atoms with Gasteiger partial charge in [-0.3, -0.25) is 0 Å². The Kier molecular flexibility index (Phi) is 2.68. The average Bonchev–Trinajstić information content (AvgIpc) is 0.439. The average molecular weight is 426 g/mol. The molecule has 0 aliphatic heterocycles. The van der Waals surface area contributed by atoms with Crippen molar-refractivity contribution in [2.45, 2.75) is 0 Å². The summed E-state index contributed by atoms with van der Waals surface area (Å²) in [5, 5.41) is 0. The van der Waals surface area contributed by atoms with Crippen LogP contribution in [-0.4, -0.2) is 0 Å². The van der Waals surface area contributed by atoms with Gasteiger partial charge < -0.3 is 0 Å². The molecule has 14 heteroatoms. The van der Waals surface area contributed by atoms with Gasteiger partial charge in [-0.1, -0.05) is 0 Å². The molecule has 0 aromatic rings. The van der Waals surface area contributed by atoms with E-state index in [4.69, 9.17) is 74.6 Å². The number of halogens is 8. The van der Waals surface area contributed by atoms with Gasteiger partial charge in [-0.15, -0.1) is 37.2 Å². The Labute approximate surface area is 114 Å². The molecule has 0 bridgehead atoms. The van der Waals surface area contributed by atoms with Crippen LogP contribution < -0.4 is 23.9 Å². The van der Waals surface area contributed by atoms with Gasteiger partial charge in [0.05, 0.1) is 0 Å². The number of hydrogen-bond acceptors (Lipinski definition) is 5. The van der Waals surface area contributed by atoms with Crippen LogP contribution >= 0.6 is 88.0 Å². The van der Waals surface area contributed by atoms with E-state index in [1.807, 2.05) is 0 Å². The van der Waals surface area contributed by atoms with Crippen molar-refractivity contribution in [1.82, 2.24) is 0 Å². The van der Waals surface area contributed by atoms with Gasteiger partial charge in [0.1, 0.15) is 0 Å². The molecule has 0 saturated carbocycles. The van der Waals surface area contributed by atoms with Crippen LogP contribution in [0, 0.1) is 0 Å². The zero-order valence-electron chi connectivity index (χ0n) is 6.33. The summed E-state index contributed by atoms with van der Waals surface area (Å²) in [6.07, 6.45) is 0. The summed E-state index contributed by atoms with van der Waals surface area (Å²) >= 11 is 0. The molecule has 10 N–H and O–H groups in total. The molecule has 0 aromatic carbocycles. The van der Waals surface area contributed by atoms with Crippen LogP contribution in [0.3, 0.4) is 0 Å². The van der Waals surface area contributed by atoms with Crippen molar-refractivity contribution in [3.8, 4) is 0 Å². The number of hydrogen-bond donors (Lipinski definition) is 5. The first-order valence-corrected chi connectivity index (χ1v) is 11.8. The van der Waals surface area contributed by atoms with Crippen LogP contribution in [0.25, 0.3) is 0 Å². The summed E-state index contributed by atoms with van der Waals surface area (Å²) in [6.45, 7) is 0. The maximum absolute atomic E-state index is 9.00. The predicted molar refractivity (Wildman–Crippen MR) is 71.9 cm³/mol. The normalized spacial score (nSPS) is 30.7. The first kappa shape index (κ1) is 25.5. The molecule has 0 fully saturated rings. The van der Waals surface area contributed by atoms with Crippen LogP contribution in [0.4, 0.5) is 0 Å². The molecule has 0 aliphatic rings. The molecule has 0 atom stereocenters. The van der Waals surface area contributed by atoms with E-state index in [0.717, 1.165) is 0 Å². The molecule has 0 rings (SSSR count). The van der Waals surface area contributed by atoms with Crippen molar-refractivity contribution in [2.24, 2.45) is 23.9 Å². The second-order valence-electron chi connectivity index (χ2n) is 3.41. The van der Waals surface area contributed by atoms with Crippen LogP contribution in [0.5, 0.6) is 0 Å². The van der Waals surface area contributed by atoms with Crippen LogP contribution in [0.1, 0.15) is 0 Å². The monoisotopic (exact) mass is 422 g/mol. The van der Waals surface area contributed by atoms with Gasteiger partial charge in [0.15, 0.2) is 0 Å².